The van der Waals surface area contributed by atoms with Crippen molar-refractivity contribution in [2.45, 2.75) is 32.6 Å². The average Bonchev–Trinajstić information content (AvgIpc) is 3.06. The fourth-order valence-corrected chi connectivity index (χ4v) is 2.21. The summed E-state index contributed by atoms with van der Waals surface area (Å²) >= 11 is 0. The van der Waals surface area contributed by atoms with E-state index in [4.69, 9.17) is 0 Å². The van der Waals surface area contributed by atoms with E-state index in [2.05, 4.69) is 43.4 Å². The first-order chi connectivity index (χ1) is 7.35. The summed E-state index contributed by atoms with van der Waals surface area (Å²) in [6.07, 6.45) is 2.52. The van der Waals surface area contributed by atoms with Crippen LogP contribution in [0.3, 0.4) is 0 Å². The number of rotatable bonds is 5. The first-order valence-electron chi connectivity index (χ1n) is 6.14. The maximum Gasteiger partial charge on any atom is -0.00146 e. The molecule has 0 bridgehead atoms. The third-order valence-corrected chi connectivity index (χ3v) is 3.40. The molecule has 82 valence electrons. The van der Waals surface area contributed by atoms with Crippen LogP contribution < -0.4 is 5.32 Å². The zero-order valence-electron chi connectivity index (χ0n) is 9.79. The smallest absolute Gasteiger partial charge is 0.00146 e. The largest absolute Gasteiger partial charge is 0.317 e. The van der Waals surface area contributed by atoms with Gasteiger partial charge in [-0.25, -0.2) is 0 Å². The van der Waals surface area contributed by atoms with E-state index >= 15 is 0 Å². The van der Waals surface area contributed by atoms with Crippen LogP contribution in [0.1, 0.15) is 37.3 Å². The highest BCUT2D eigenvalue weighted by Gasteiger charge is 2.37. The molecule has 1 N–H and O–H groups in total. The first kappa shape index (κ1) is 10.7. The Balaban J connectivity index is 1.89. The van der Waals surface area contributed by atoms with Crippen molar-refractivity contribution in [3.63, 3.8) is 0 Å². The van der Waals surface area contributed by atoms with E-state index in [0.29, 0.717) is 0 Å². The van der Waals surface area contributed by atoms with Crippen LogP contribution in [0, 0.1) is 5.92 Å². The summed E-state index contributed by atoms with van der Waals surface area (Å²) < 4.78 is 0. The summed E-state index contributed by atoms with van der Waals surface area (Å²) in [4.78, 5) is 0. The van der Waals surface area contributed by atoms with Gasteiger partial charge in [-0.3, -0.25) is 0 Å². The van der Waals surface area contributed by atoms with Gasteiger partial charge in [0.15, 0.2) is 0 Å². The molecule has 2 rings (SSSR count). The Morgan fingerprint density at radius 3 is 2.53 bits per heavy atom. The molecule has 0 aromatic heterocycles. The third-order valence-electron chi connectivity index (χ3n) is 3.40. The molecular weight excluding hydrogens is 182 g/mol. The second-order valence-electron chi connectivity index (χ2n) is 4.51. The zero-order valence-corrected chi connectivity index (χ0v) is 9.79. The van der Waals surface area contributed by atoms with Gasteiger partial charge < -0.3 is 5.32 Å². The van der Waals surface area contributed by atoms with E-state index in [-0.39, 0.29) is 0 Å². The summed E-state index contributed by atoms with van der Waals surface area (Å²) in [7, 11) is 0. The highest BCUT2D eigenvalue weighted by Crippen LogP contribution is 2.46. The highest BCUT2D eigenvalue weighted by molar-refractivity contribution is 5.29. The topological polar surface area (TPSA) is 12.0 Å². The van der Waals surface area contributed by atoms with Gasteiger partial charge in [0.05, 0.1) is 0 Å². The molecule has 1 aromatic rings. The lowest BCUT2D eigenvalue weighted by molar-refractivity contribution is 0.649. The van der Waals surface area contributed by atoms with Gasteiger partial charge in [0.25, 0.3) is 0 Å². The Morgan fingerprint density at radius 2 is 1.93 bits per heavy atom. The van der Waals surface area contributed by atoms with Crippen LogP contribution in [-0.4, -0.2) is 13.1 Å². The van der Waals surface area contributed by atoms with Crippen LogP contribution >= 0.6 is 0 Å². The van der Waals surface area contributed by atoms with Crippen molar-refractivity contribution >= 4 is 0 Å². The van der Waals surface area contributed by atoms with E-state index in [1.54, 1.807) is 0 Å². The van der Waals surface area contributed by atoms with Crippen LogP contribution in [0.15, 0.2) is 24.3 Å². The van der Waals surface area contributed by atoms with E-state index in [0.717, 1.165) is 24.8 Å². The lowest BCUT2D eigenvalue weighted by Gasteiger charge is -2.03. The molecule has 0 saturated heterocycles. The molecule has 1 saturated carbocycles. The number of hydrogen-bond acceptors (Lipinski definition) is 1. The number of benzene rings is 1. The van der Waals surface area contributed by atoms with Crippen LogP contribution in [0.5, 0.6) is 0 Å². The second-order valence-corrected chi connectivity index (χ2v) is 4.51. The molecule has 0 aliphatic heterocycles. The quantitative estimate of drug-likeness (QED) is 0.776. The lowest BCUT2D eigenvalue weighted by atomic mass is 10.1. The van der Waals surface area contributed by atoms with Crippen molar-refractivity contribution in [2.24, 2.45) is 5.92 Å². The average molecular weight is 203 g/mol. The maximum absolute atomic E-state index is 3.43. The summed E-state index contributed by atoms with van der Waals surface area (Å²) in [5.41, 5.74) is 2.98. The van der Waals surface area contributed by atoms with Gasteiger partial charge in [-0.05, 0) is 48.9 Å². The van der Waals surface area contributed by atoms with Crippen LogP contribution in [0.25, 0.3) is 0 Å². The third kappa shape index (κ3) is 2.60. The molecule has 0 heterocycles. The van der Waals surface area contributed by atoms with Gasteiger partial charge in [0.2, 0.25) is 0 Å². The van der Waals surface area contributed by atoms with E-state index in [9.17, 15) is 0 Å². The Hall–Kier alpha value is -0.820. The molecule has 1 aromatic carbocycles. The highest BCUT2D eigenvalue weighted by atomic mass is 14.9. The standard InChI is InChI=1S/C14H21N/c1-3-11-5-7-12(8-6-11)14-9-13(14)10-15-4-2/h5-8,13-15H,3-4,9-10H2,1-2H3. The Labute approximate surface area is 92.9 Å². The SMILES string of the molecule is CCNCC1CC1c1ccc(CC)cc1. The summed E-state index contributed by atoms with van der Waals surface area (Å²) in [6, 6.07) is 9.18. The first-order valence-corrected chi connectivity index (χ1v) is 6.14. The van der Waals surface area contributed by atoms with Crippen molar-refractivity contribution in [1.29, 1.82) is 0 Å². The molecule has 1 fully saturated rings. The normalized spacial score (nSPS) is 24.1. The minimum absolute atomic E-state index is 0.829. The molecular formula is C14H21N. The molecule has 1 heteroatoms. The summed E-state index contributed by atoms with van der Waals surface area (Å²) in [5, 5.41) is 3.43. The number of hydrogen-bond donors (Lipinski definition) is 1. The lowest BCUT2D eigenvalue weighted by Crippen LogP contribution is -2.16. The number of nitrogens with one attached hydrogen (secondary N) is 1. The minimum atomic E-state index is 0.829. The van der Waals surface area contributed by atoms with E-state index in [1.165, 1.54) is 24.1 Å². The molecule has 0 amide bonds. The Kier molecular flexibility index (Phi) is 3.42. The summed E-state index contributed by atoms with van der Waals surface area (Å²) in [5.74, 6) is 1.72. The molecule has 2 atom stereocenters. The van der Waals surface area contributed by atoms with Gasteiger partial charge in [-0.2, -0.15) is 0 Å². The van der Waals surface area contributed by atoms with Gasteiger partial charge in [0.1, 0.15) is 0 Å². The molecule has 0 radical (unpaired) electrons. The molecule has 15 heavy (non-hydrogen) atoms. The van der Waals surface area contributed by atoms with E-state index in [1.807, 2.05) is 0 Å². The maximum atomic E-state index is 3.43. The molecule has 0 spiro atoms. The van der Waals surface area contributed by atoms with Crippen molar-refractivity contribution in [3.05, 3.63) is 35.4 Å². The predicted molar refractivity (Wildman–Crippen MR) is 65.2 cm³/mol. The fraction of sp³-hybridized carbons (Fsp3) is 0.571. The predicted octanol–water partition coefficient (Wildman–Crippen LogP) is 2.96. The van der Waals surface area contributed by atoms with Crippen LogP contribution in [-0.2, 0) is 6.42 Å². The van der Waals surface area contributed by atoms with Crippen molar-refractivity contribution < 1.29 is 0 Å². The Morgan fingerprint density at radius 1 is 1.20 bits per heavy atom. The van der Waals surface area contributed by atoms with Gasteiger partial charge in [0, 0.05) is 0 Å². The monoisotopic (exact) mass is 203 g/mol. The van der Waals surface area contributed by atoms with E-state index < -0.39 is 0 Å². The van der Waals surface area contributed by atoms with Crippen LogP contribution in [0.4, 0.5) is 0 Å². The minimum Gasteiger partial charge on any atom is -0.317 e. The Bertz CT molecular complexity index is 302. The zero-order chi connectivity index (χ0) is 10.7. The molecule has 1 aliphatic carbocycles. The van der Waals surface area contributed by atoms with Gasteiger partial charge >= 0.3 is 0 Å². The molecule has 2 unspecified atom stereocenters. The van der Waals surface area contributed by atoms with Gasteiger partial charge in [-0.1, -0.05) is 38.1 Å². The molecule has 1 nitrogen and oxygen atoms in total. The van der Waals surface area contributed by atoms with Crippen molar-refractivity contribution in [2.75, 3.05) is 13.1 Å². The summed E-state index contributed by atoms with van der Waals surface area (Å²) in [6.45, 7) is 6.67. The van der Waals surface area contributed by atoms with Crippen molar-refractivity contribution in [3.8, 4) is 0 Å². The number of aryl methyl sites for hydroxylation is 1. The van der Waals surface area contributed by atoms with Crippen LogP contribution in [0.2, 0.25) is 0 Å². The molecule has 1 aliphatic rings. The second kappa shape index (κ2) is 4.80. The van der Waals surface area contributed by atoms with Gasteiger partial charge in [-0.15, -0.1) is 0 Å². The fourth-order valence-electron chi connectivity index (χ4n) is 2.21. The van der Waals surface area contributed by atoms with Crippen molar-refractivity contribution in [1.82, 2.24) is 5.32 Å².